The summed E-state index contributed by atoms with van der Waals surface area (Å²) < 4.78 is 0. The van der Waals surface area contributed by atoms with Gasteiger partial charge in [0.15, 0.2) is 6.29 Å². The molecule has 0 fully saturated rings. The third kappa shape index (κ3) is 0.993. The molecule has 0 amide bonds. The molecule has 2 aromatic heterocycles. The smallest absolute Gasteiger partial charge is 0.166 e. The molecule has 0 unspecified atom stereocenters. The van der Waals surface area contributed by atoms with Crippen LogP contribution in [-0.4, -0.2) is 16.3 Å². The Hall–Kier alpha value is -1.64. The Morgan fingerprint density at radius 3 is 3.08 bits per heavy atom. The number of hydrogen-bond donors (Lipinski definition) is 1. The highest BCUT2D eigenvalue weighted by molar-refractivity contribution is 5.87. The van der Waals surface area contributed by atoms with Crippen LogP contribution in [0.1, 0.15) is 16.2 Å². The zero-order chi connectivity index (χ0) is 8.55. The lowest BCUT2D eigenvalue weighted by atomic mass is 10.3. The Morgan fingerprint density at radius 2 is 2.33 bits per heavy atom. The number of nitrogens with one attached hydrogen (secondary N) is 1. The van der Waals surface area contributed by atoms with Crippen molar-refractivity contribution in [2.75, 3.05) is 0 Å². The SMILES string of the molecule is Cc1cc2[nH]c(C=O)cc2cn1. The number of H-pyrrole nitrogens is 1. The highest BCUT2D eigenvalue weighted by atomic mass is 16.1. The molecule has 0 saturated carbocycles. The lowest BCUT2D eigenvalue weighted by Crippen LogP contribution is -1.78. The summed E-state index contributed by atoms with van der Waals surface area (Å²) in [7, 11) is 0. The molecule has 2 rings (SSSR count). The zero-order valence-electron chi connectivity index (χ0n) is 6.66. The van der Waals surface area contributed by atoms with Crippen LogP contribution in [0.25, 0.3) is 10.9 Å². The van der Waals surface area contributed by atoms with E-state index in [1.807, 2.05) is 13.0 Å². The quantitative estimate of drug-likeness (QED) is 0.645. The molecule has 3 nitrogen and oxygen atoms in total. The average Bonchev–Trinajstić information content (AvgIpc) is 2.46. The molecule has 0 aromatic carbocycles. The molecule has 0 aliphatic rings. The van der Waals surface area contributed by atoms with Crippen molar-refractivity contribution in [1.29, 1.82) is 0 Å². The van der Waals surface area contributed by atoms with Crippen LogP contribution >= 0.6 is 0 Å². The van der Waals surface area contributed by atoms with Crippen LogP contribution in [0.3, 0.4) is 0 Å². The molecule has 3 heteroatoms. The molecule has 2 aromatic rings. The van der Waals surface area contributed by atoms with E-state index >= 15 is 0 Å². The van der Waals surface area contributed by atoms with Crippen molar-refractivity contribution in [1.82, 2.24) is 9.97 Å². The van der Waals surface area contributed by atoms with Crippen LogP contribution in [0, 0.1) is 6.92 Å². The summed E-state index contributed by atoms with van der Waals surface area (Å²) in [5.74, 6) is 0. The number of aromatic nitrogens is 2. The number of aryl methyl sites for hydroxylation is 1. The second-order valence-electron chi connectivity index (χ2n) is 2.76. The molecule has 2 heterocycles. The van der Waals surface area contributed by atoms with Gasteiger partial charge in [-0.1, -0.05) is 0 Å². The van der Waals surface area contributed by atoms with Gasteiger partial charge in [0, 0.05) is 22.8 Å². The van der Waals surface area contributed by atoms with Gasteiger partial charge in [-0.25, -0.2) is 0 Å². The van der Waals surface area contributed by atoms with Crippen LogP contribution in [-0.2, 0) is 0 Å². The van der Waals surface area contributed by atoms with Gasteiger partial charge in [0.2, 0.25) is 0 Å². The van der Waals surface area contributed by atoms with Gasteiger partial charge in [0.1, 0.15) is 0 Å². The Bertz CT molecular complexity index is 431. The van der Waals surface area contributed by atoms with Crippen molar-refractivity contribution in [3.05, 3.63) is 29.7 Å². The van der Waals surface area contributed by atoms with Crippen molar-refractivity contribution < 1.29 is 4.79 Å². The largest absolute Gasteiger partial charge is 0.352 e. The van der Waals surface area contributed by atoms with E-state index in [4.69, 9.17) is 0 Å². The van der Waals surface area contributed by atoms with Gasteiger partial charge in [0.25, 0.3) is 0 Å². The molecular formula is C9H8N2O. The minimum atomic E-state index is 0.595. The van der Waals surface area contributed by atoms with Gasteiger partial charge in [0.05, 0.1) is 5.69 Å². The van der Waals surface area contributed by atoms with E-state index in [1.54, 1.807) is 12.3 Å². The van der Waals surface area contributed by atoms with Crippen LogP contribution in [0.4, 0.5) is 0 Å². The number of fused-ring (bicyclic) bond motifs is 1. The van der Waals surface area contributed by atoms with Crippen molar-refractivity contribution in [2.45, 2.75) is 6.92 Å². The van der Waals surface area contributed by atoms with Gasteiger partial charge in [-0.05, 0) is 19.1 Å². The van der Waals surface area contributed by atoms with Crippen molar-refractivity contribution in [2.24, 2.45) is 0 Å². The minimum absolute atomic E-state index is 0.595. The molecule has 60 valence electrons. The Labute approximate surface area is 69.4 Å². The first-order valence-electron chi connectivity index (χ1n) is 3.70. The fourth-order valence-corrected chi connectivity index (χ4v) is 1.22. The summed E-state index contributed by atoms with van der Waals surface area (Å²) in [6.07, 6.45) is 2.56. The summed E-state index contributed by atoms with van der Waals surface area (Å²) in [5, 5.41) is 0.975. The van der Waals surface area contributed by atoms with Crippen molar-refractivity contribution in [3.63, 3.8) is 0 Å². The Balaban J connectivity index is 2.75. The molecule has 0 atom stereocenters. The van der Waals surface area contributed by atoms with Crippen LogP contribution < -0.4 is 0 Å². The molecule has 0 bridgehead atoms. The van der Waals surface area contributed by atoms with Crippen LogP contribution in [0.15, 0.2) is 18.3 Å². The molecule has 0 spiro atoms. The fraction of sp³-hybridized carbons (Fsp3) is 0.111. The van der Waals surface area contributed by atoms with Crippen molar-refractivity contribution >= 4 is 17.2 Å². The molecule has 12 heavy (non-hydrogen) atoms. The molecular weight excluding hydrogens is 152 g/mol. The van der Waals surface area contributed by atoms with Gasteiger partial charge in [-0.3, -0.25) is 9.78 Å². The first kappa shape index (κ1) is 7.03. The summed E-state index contributed by atoms with van der Waals surface area (Å²) in [6.45, 7) is 1.92. The normalized spacial score (nSPS) is 10.4. The molecule has 0 aliphatic heterocycles. The number of aromatic amines is 1. The number of hydrogen-bond acceptors (Lipinski definition) is 2. The van der Waals surface area contributed by atoms with Crippen LogP contribution in [0.2, 0.25) is 0 Å². The maximum absolute atomic E-state index is 10.4. The highest BCUT2D eigenvalue weighted by Crippen LogP contribution is 2.13. The summed E-state index contributed by atoms with van der Waals surface area (Å²) >= 11 is 0. The van der Waals surface area contributed by atoms with E-state index < -0.39 is 0 Å². The Morgan fingerprint density at radius 1 is 1.50 bits per heavy atom. The predicted octanol–water partition coefficient (Wildman–Crippen LogP) is 1.68. The first-order valence-corrected chi connectivity index (χ1v) is 3.70. The van der Waals surface area contributed by atoms with E-state index in [1.165, 1.54) is 0 Å². The van der Waals surface area contributed by atoms with Gasteiger partial charge in [-0.15, -0.1) is 0 Å². The second-order valence-corrected chi connectivity index (χ2v) is 2.76. The molecule has 0 saturated heterocycles. The van der Waals surface area contributed by atoms with E-state index in [-0.39, 0.29) is 0 Å². The van der Waals surface area contributed by atoms with Gasteiger partial charge in [-0.2, -0.15) is 0 Å². The average molecular weight is 160 g/mol. The number of aldehydes is 1. The topological polar surface area (TPSA) is 45.8 Å². The van der Waals surface area contributed by atoms with Gasteiger partial charge >= 0.3 is 0 Å². The third-order valence-corrected chi connectivity index (χ3v) is 1.79. The van der Waals surface area contributed by atoms with E-state index in [0.717, 1.165) is 22.9 Å². The summed E-state index contributed by atoms with van der Waals surface area (Å²) in [4.78, 5) is 17.5. The molecule has 0 radical (unpaired) electrons. The molecule has 1 N–H and O–H groups in total. The number of carbonyl (C=O) groups is 1. The second kappa shape index (κ2) is 2.44. The monoisotopic (exact) mass is 160 g/mol. The number of nitrogens with zero attached hydrogens (tertiary/aromatic N) is 1. The van der Waals surface area contributed by atoms with Crippen LogP contribution in [0.5, 0.6) is 0 Å². The predicted molar refractivity (Wildman–Crippen MR) is 46.2 cm³/mol. The van der Waals surface area contributed by atoms with E-state index in [2.05, 4.69) is 9.97 Å². The van der Waals surface area contributed by atoms with E-state index in [0.29, 0.717) is 5.69 Å². The maximum Gasteiger partial charge on any atom is 0.166 e. The Kier molecular flexibility index (Phi) is 1.43. The summed E-state index contributed by atoms with van der Waals surface area (Å²) in [6, 6.07) is 3.71. The zero-order valence-corrected chi connectivity index (χ0v) is 6.66. The standard InChI is InChI=1S/C9H8N2O/c1-6-2-9-7(4-10-6)3-8(5-12)11-9/h2-5,11H,1H3. The van der Waals surface area contributed by atoms with Crippen molar-refractivity contribution in [3.8, 4) is 0 Å². The minimum Gasteiger partial charge on any atom is -0.352 e. The lowest BCUT2D eigenvalue weighted by molar-refractivity contribution is 0.112. The third-order valence-electron chi connectivity index (χ3n) is 1.79. The lowest BCUT2D eigenvalue weighted by Gasteiger charge is -1.89. The first-order chi connectivity index (χ1) is 5.79. The van der Waals surface area contributed by atoms with Gasteiger partial charge < -0.3 is 4.98 Å². The molecule has 0 aliphatic carbocycles. The number of carbonyl (C=O) groups excluding carboxylic acids is 1. The highest BCUT2D eigenvalue weighted by Gasteiger charge is 1.99. The number of pyridine rings is 1. The summed E-state index contributed by atoms with van der Waals surface area (Å²) in [5.41, 5.74) is 2.50. The van der Waals surface area contributed by atoms with E-state index in [9.17, 15) is 4.79 Å². The maximum atomic E-state index is 10.4. The number of rotatable bonds is 1. The fourth-order valence-electron chi connectivity index (χ4n) is 1.22.